The first kappa shape index (κ1) is 12.2. The van der Waals surface area contributed by atoms with Crippen molar-refractivity contribution in [2.75, 3.05) is 5.32 Å². The van der Waals surface area contributed by atoms with Crippen molar-refractivity contribution in [1.29, 1.82) is 0 Å². The highest BCUT2D eigenvalue weighted by atomic mass is 32.1. The molecule has 2 rings (SSSR count). The Morgan fingerprint density at radius 1 is 1.41 bits per heavy atom. The summed E-state index contributed by atoms with van der Waals surface area (Å²) >= 11 is 1.86. The van der Waals surface area contributed by atoms with E-state index >= 15 is 0 Å². The molecular weight excluding hydrogens is 230 g/mol. The van der Waals surface area contributed by atoms with E-state index < -0.39 is 0 Å². The number of hydrogen-bond acceptors (Lipinski definition) is 3. The fraction of sp³-hybridized carbons (Fsp3) is 0.462. The molecule has 0 saturated carbocycles. The first-order valence-electron chi connectivity index (χ1n) is 5.92. The summed E-state index contributed by atoms with van der Waals surface area (Å²) in [4.78, 5) is 2.78. The number of hydrogen-bond donors (Lipinski definition) is 1. The fourth-order valence-electron chi connectivity index (χ4n) is 1.99. The van der Waals surface area contributed by atoms with Crippen LogP contribution in [0.25, 0.3) is 0 Å². The van der Waals surface area contributed by atoms with Crippen LogP contribution in [-0.4, -0.2) is 9.78 Å². The third-order valence-corrected chi connectivity index (χ3v) is 3.86. The molecule has 0 aliphatic carbocycles. The average Bonchev–Trinajstić information content (AvgIpc) is 2.78. The molecule has 1 N–H and O–H groups in total. The second-order valence-electron chi connectivity index (χ2n) is 4.31. The van der Waals surface area contributed by atoms with Gasteiger partial charge in [0.05, 0.1) is 11.4 Å². The summed E-state index contributed by atoms with van der Waals surface area (Å²) in [7, 11) is 1.96. The Hall–Kier alpha value is -1.29. The van der Waals surface area contributed by atoms with Crippen LogP contribution in [-0.2, 0) is 20.0 Å². The number of nitrogens with one attached hydrogen (secondary N) is 1. The van der Waals surface area contributed by atoms with Crippen molar-refractivity contribution >= 4 is 17.0 Å². The van der Waals surface area contributed by atoms with Gasteiger partial charge >= 0.3 is 0 Å². The van der Waals surface area contributed by atoms with Gasteiger partial charge in [-0.1, -0.05) is 6.92 Å². The maximum atomic E-state index is 4.43. The summed E-state index contributed by atoms with van der Waals surface area (Å²) in [6.07, 6.45) is 3.01. The molecule has 0 atom stereocenters. The summed E-state index contributed by atoms with van der Waals surface area (Å²) in [5.74, 6) is 0. The van der Waals surface area contributed by atoms with Gasteiger partial charge in [-0.05, 0) is 31.9 Å². The van der Waals surface area contributed by atoms with Gasteiger partial charge < -0.3 is 5.32 Å². The largest absolute Gasteiger partial charge is 0.378 e. The second-order valence-corrected chi connectivity index (χ2v) is 5.77. The van der Waals surface area contributed by atoms with Crippen LogP contribution in [0.3, 0.4) is 0 Å². The summed E-state index contributed by atoms with van der Waals surface area (Å²) in [5, 5.41) is 7.90. The van der Waals surface area contributed by atoms with Gasteiger partial charge in [0.25, 0.3) is 0 Å². The number of aryl methyl sites for hydroxylation is 4. The molecule has 0 aromatic carbocycles. The summed E-state index contributed by atoms with van der Waals surface area (Å²) < 4.78 is 1.87. The molecule has 92 valence electrons. The maximum Gasteiger partial charge on any atom is 0.0853 e. The fourth-order valence-corrected chi connectivity index (χ4v) is 2.94. The van der Waals surface area contributed by atoms with Gasteiger partial charge in [-0.25, -0.2) is 0 Å². The van der Waals surface area contributed by atoms with Gasteiger partial charge in [0.2, 0.25) is 0 Å². The zero-order chi connectivity index (χ0) is 12.4. The average molecular weight is 249 g/mol. The molecule has 0 fully saturated rings. The number of aromatic nitrogens is 2. The Balaban J connectivity index is 2.09. The summed E-state index contributed by atoms with van der Waals surface area (Å²) in [6, 6.07) is 2.26. The molecule has 0 unspecified atom stereocenters. The van der Waals surface area contributed by atoms with Gasteiger partial charge in [-0.2, -0.15) is 5.10 Å². The van der Waals surface area contributed by atoms with Crippen LogP contribution in [0.15, 0.2) is 12.3 Å². The minimum atomic E-state index is 0.884. The van der Waals surface area contributed by atoms with Gasteiger partial charge in [0, 0.05) is 29.5 Å². The highest BCUT2D eigenvalue weighted by Gasteiger charge is 2.07. The normalized spacial score (nSPS) is 10.8. The molecule has 0 radical (unpaired) electrons. The van der Waals surface area contributed by atoms with Crippen LogP contribution < -0.4 is 5.32 Å². The molecule has 3 nitrogen and oxygen atoms in total. The Morgan fingerprint density at radius 3 is 2.76 bits per heavy atom. The van der Waals surface area contributed by atoms with E-state index in [1.165, 1.54) is 15.3 Å². The number of thiophene rings is 1. The van der Waals surface area contributed by atoms with Crippen molar-refractivity contribution in [3.63, 3.8) is 0 Å². The molecule has 2 heterocycles. The lowest BCUT2D eigenvalue weighted by Gasteiger charge is -2.04. The predicted octanol–water partition coefficient (Wildman–Crippen LogP) is 3.27. The molecule has 0 aliphatic heterocycles. The molecule has 0 saturated heterocycles. The van der Waals surface area contributed by atoms with Crippen LogP contribution in [0.4, 0.5) is 5.69 Å². The minimum absolute atomic E-state index is 0.884. The van der Waals surface area contributed by atoms with Crippen LogP contribution in [0.2, 0.25) is 0 Å². The molecule has 2 aromatic rings. The third-order valence-electron chi connectivity index (χ3n) is 2.85. The summed E-state index contributed by atoms with van der Waals surface area (Å²) in [6.45, 7) is 7.35. The zero-order valence-corrected chi connectivity index (χ0v) is 11.7. The standard InChI is InChI=1S/C13H19N3S/c1-5-12-13(8-16(4)15-12)14-7-11-6-9(2)17-10(11)3/h6,8,14H,5,7H2,1-4H3. The maximum absolute atomic E-state index is 4.43. The highest BCUT2D eigenvalue weighted by Crippen LogP contribution is 2.22. The van der Waals surface area contributed by atoms with E-state index in [4.69, 9.17) is 0 Å². The molecule has 4 heteroatoms. The SMILES string of the molecule is CCc1nn(C)cc1NCc1cc(C)sc1C. The van der Waals surface area contributed by atoms with Gasteiger partial charge in [-0.15, -0.1) is 11.3 Å². The van der Waals surface area contributed by atoms with E-state index in [0.29, 0.717) is 0 Å². The minimum Gasteiger partial charge on any atom is -0.378 e. The first-order valence-corrected chi connectivity index (χ1v) is 6.74. The Kier molecular flexibility index (Phi) is 3.52. The number of rotatable bonds is 4. The molecule has 0 spiro atoms. The van der Waals surface area contributed by atoms with Gasteiger partial charge in [0.15, 0.2) is 0 Å². The van der Waals surface area contributed by atoms with Crippen molar-refractivity contribution in [2.24, 2.45) is 7.05 Å². The Bertz CT molecular complexity index is 511. The molecule has 0 amide bonds. The van der Waals surface area contributed by atoms with Crippen molar-refractivity contribution in [3.05, 3.63) is 33.3 Å². The molecular formula is C13H19N3S. The smallest absolute Gasteiger partial charge is 0.0853 e. The molecule has 0 bridgehead atoms. The van der Waals surface area contributed by atoms with E-state index in [0.717, 1.165) is 24.3 Å². The Labute approximate surface area is 106 Å². The van der Waals surface area contributed by atoms with Crippen LogP contribution in [0.1, 0.15) is 27.9 Å². The lowest BCUT2D eigenvalue weighted by molar-refractivity contribution is 0.746. The molecule has 2 aromatic heterocycles. The van der Waals surface area contributed by atoms with E-state index in [9.17, 15) is 0 Å². The summed E-state index contributed by atoms with van der Waals surface area (Å²) in [5.41, 5.74) is 3.67. The predicted molar refractivity (Wildman–Crippen MR) is 73.7 cm³/mol. The van der Waals surface area contributed by atoms with E-state index in [1.54, 1.807) is 0 Å². The highest BCUT2D eigenvalue weighted by molar-refractivity contribution is 7.12. The second kappa shape index (κ2) is 4.92. The molecule has 0 aliphatic rings. The molecule has 17 heavy (non-hydrogen) atoms. The van der Waals surface area contributed by atoms with Crippen LogP contribution in [0, 0.1) is 13.8 Å². The lowest BCUT2D eigenvalue weighted by atomic mass is 10.2. The van der Waals surface area contributed by atoms with Gasteiger partial charge in [-0.3, -0.25) is 4.68 Å². The number of nitrogens with zero attached hydrogens (tertiary/aromatic N) is 2. The van der Waals surface area contributed by atoms with E-state index in [2.05, 4.69) is 37.3 Å². The van der Waals surface area contributed by atoms with Crippen molar-refractivity contribution in [1.82, 2.24) is 9.78 Å². The Morgan fingerprint density at radius 2 is 2.18 bits per heavy atom. The van der Waals surface area contributed by atoms with Crippen molar-refractivity contribution in [3.8, 4) is 0 Å². The lowest BCUT2D eigenvalue weighted by Crippen LogP contribution is -2.00. The topological polar surface area (TPSA) is 29.9 Å². The number of anilines is 1. The van der Waals surface area contributed by atoms with Crippen LogP contribution >= 0.6 is 11.3 Å². The van der Waals surface area contributed by atoms with Crippen LogP contribution in [0.5, 0.6) is 0 Å². The van der Waals surface area contributed by atoms with E-state index in [-0.39, 0.29) is 0 Å². The van der Waals surface area contributed by atoms with Crippen molar-refractivity contribution in [2.45, 2.75) is 33.7 Å². The zero-order valence-electron chi connectivity index (χ0n) is 10.9. The van der Waals surface area contributed by atoms with E-state index in [1.807, 2.05) is 29.3 Å². The monoisotopic (exact) mass is 249 g/mol. The third kappa shape index (κ3) is 2.69. The van der Waals surface area contributed by atoms with Crippen molar-refractivity contribution < 1.29 is 0 Å². The van der Waals surface area contributed by atoms with Gasteiger partial charge in [0.1, 0.15) is 0 Å². The quantitative estimate of drug-likeness (QED) is 0.901. The first-order chi connectivity index (χ1) is 8.10.